The van der Waals surface area contributed by atoms with Crippen molar-refractivity contribution in [3.05, 3.63) is 47.0 Å². The first kappa shape index (κ1) is 15.3. The highest BCUT2D eigenvalue weighted by atomic mass is 16.4. The topological polar surface area (TPSA) is 87.7 Å². The number of hydrogen-bond acceptors (Lipinski definition) is 5. The third-order valence-electron chi connectivity index (χ3n) is 4.03. The van der Waals surface area contributed by atoms with Crippen LogP contribution in [0, 0.1) is 12.3 Å². The quantitative estimate of drug-likeness (QED) is 0.657. The molecule has 0 bridgehead atoms. The largest absolute Gasteiger partial charge is 0.455 e. The van der Waals surface area contributed by atoms with Crippen LogP contribution in [0.15, 0.2) is 34.0 Å². The number of carbonyl (C=O) groups is 1. The number of pyridine rings is 1. The molecule has 23 heavy (non-hydrogen) atoms. The lowest BCUT2D eigenvalue weighted by Gasteiger charge is -2.28. The molecule has 0 fully saturated rings. The molecule has 0 saturated heterocycles. The Kier molecular flexibility index (Phi) is 3.67. The molecule has 0 radical (unpaired) electrons. The Morgan fingerprint density at radius 2 is 2.17 bits per heavy atom. The van der Waals surface area contributed by atoms with Crippen molar-refractivity contribution in [2.24, 2.45) is 10.6 Å². The second-order valence-corrected chi connectivity index (χ2v) is 6.59. The molecule has 0 spiro atoms. The van der Waals surface area contributed by atoms with Gasteiger partial charge in [-0.3, -0.25) is 4.79 Å². The highest BCUT2D eigenvalue weighted by Crippen LogP contribution is 2.38. The van der Waals surface area contributed by atoms with E-state index in [2.05, 4.69) is 29.3 Å². The maximum Gasteiger partial charge on any atom is 0.292 e. The highest BCUT2D eigenvalue weighted by Gasteiger charge is 2.36. The van der Waals surface area contributed by atoms with Crippen LogP contribution in [0.1, 0.15) is 47.7 Å². The van der Waals surface area contributed by atoms with Crippen molar-refractivity contribution in [1.29, 1.82) is 0 Å². The molecular formula is C17H19N3O3. The van der Waals surface area contributed by atoms with Gasteiger partial charge in [-0.1, -0.05) is 25.1 Å². The number of amides is 1. The SMILES string of the molecule is Cc1c(C(=O)Nc2ccccn2)oc2c1/C(=N\O)CC(C)(C)C2. The molecule has 1 aliphatic carbocycles. The van der Waals surface area contributed by atoms with E-state index < -0.39 is 0 Å². The van der Waals surface area contributed by atoms with Gasteiger partial charge >= 0.3 is 0 Å². The Labute approximate surface area is 134 Å². The lowest BCUT2D eigenvalue weighted by Crippen LogP contribution is -2.27. The van der Waals surface area contributed by atoms with Gasteiger partial charge in [0.15, 0.2) is 5.76 Å². The first-order valence-corrected chi connectivity index (χ1v) is 7.47. The maximum absolute atomic E-state index is 12.5. The van der Waals surface area contributed by atoms with E-state index >= 15 is 0 Å². The lowest BCUT2D eigenvalue weighted by atomic mass is 9.75. The van der Waals surface area contributed by atoms with Gasteiger partial charge in [-0.15, -0.1) is 0 Å². The molecule has 2 heterocycles. The fourth-order valence-corrected chi connectivity index (χ4v) is 3.03. The molecule has 1 amide bonds. The molecule has 2 aromatic rings. The number of oxime groups is 1. The van der Waals surface area contributed by atoms with Crippen LogP contribution in [0.25, 0.3) is 0 Å². The number of nitrogens with zero attached hydrogens (tertiary/aromatic N) is 2. The molecule has 3 rings (SSSR count). The minimum Gasteiger partial charge on any atom is -0.455 e. The van der Waals surface area contributed by atoms with Crippen molar-refractivity contribution < 1.29 is 14.4 Å². The van der Waals surface area contributed by atoms with E-state index in [1.54, 1.807) is 31.3 Å². The first-order chi connectivity index (χ1) is 10.9. The van der Waals surface area contributed by atoms with Crippen LogP contribution in [-0.4, -0.2) is 21.8 Å². The molecule has 120 valence electrons. The smallest absolute Gasteiger partial charge is 0.292 e. The predicted octanol–water partition coefficient (Wildman–Crippen LogP) is 3.39. The summed E-state index contributed by atoms with van der Waals surface area (Å²) in [6, 6.07) is 5.28. The number of aromatic nitrogens is 1. The number of carbonyl (C=O) groups excluding carboxylic acids is 1. The summed E-state index contributed by atoms with van der Waals surface area (Å²) in [5, 5.41) is 15.4. The van der Waals surface area contributed by atoms with Crippen molar-refractivity contribution in [1.82, 2.24) is 4.98 Å². The van der Waals surface area contributed by atoms with Crippen molar-refractivity contribution >= 4 is 17.4 Å². The Balaban J connectivity index is 1.97. The summed E-state index contributed by atoms with van der Waals surface area (Å²) in [5.41, 5.74) is 1.93. The van der Waals surface area contributed by atoms with E-state index in [4.69, 9.17) is 4.42 Å². The fourth-order valence-electron chi connectivity index (χ4n) is 3.03. The van der Waals surface area contributed by atoms with Crippen molar-refractivity contribution in [3.8, 4) is 0 Å². The van der Waals surface area contributed by atoms with Gasteiger partial charge in [0.25, 0.3) is 5.91 Å². The van der Waals surface area contributed by atoms with Crippen LogP contribution in [0.5, 0.6) is 0 Å². The van der Waals surface area contributed by atoms with Gasteiger partial charge < -0.3 is 14.9 Å². The van der Waals surface area contributed by atoms with Gasteiger partial charge in [0.2, 0.25) is 0 Å². The molecule has 6 heteroatoms. The summed E-state index contributed by atoms with van der Waals surface area (Å²) >= 11 is 0. The maximum atomic E-state index is 12.5. The number of hydrogen-bond donors (Lipinski definition) is 2. The normalized spacial score (nSPS) is 17.8. The number of rotatable bonds is 2. The fraction of sp³-hybridized carbons (Fsp3) is 0.353. The molecule has 2 aromatic heterocycles. The summed E-state index contributed by atoms with van der Waals surface area (Å²) in [4.78, 5) is 16.5. The number of nitrogens with one attached hydrogen (secondary N) is 1. The number of furan rings is 1. The number of fused-ring (bicyclic) bond motifs is 1. The zero-order valence-electron chi connectivity index (χ0n) is 13.4. The summed E-state index contributed by atoms with van der Waals surface area (Å²) in [6.07, 6.45) is 2.94. The van der Waals surface area contributed by atoms with Gasteiger partial charge in [0.05, 0.1) is 5.71 Å². The zero-order chi connectivity index (χ0) is 16.6. The summed E-state index contributed by atoms with van der Waals surface area (Å²) in [6.45, 7) is 5.96. The van der Waals surface area contributed by atoms with E-state index in [1.807, 2.05) is 0 Å². The minimum absolute atomic E-state index is 0.0758. The molecule has 0 unspecified atom stereocenters. The molecule has 1 aliphatic rings. The van der Waals surface area contributed by atoms with E-state index in [0.29, 0.717) is 35.7 Å². The Bertz CT molecular complexity index is 776. The zero-order valence-corrected chi connectivity index (χ0v) is 13.4. The van der Waals surface area contributed by atoms with Crippen LogP contribution in [0.2, 0.25) is 0 Å². The third-order valence-corrected chi connectivity index (χ3v) is 4.03. The molecule has 0 aliphatic heterocycles. The summed E-state index contributed by atoms with van der Waals surface area (Å²) in [5.74, 6) is 1.03. The summed E-state index contributed by atoms with van der Waals surface area (Å²) in [7, 11) is 0. The monoisotopic (exact) mass is 313 g/mol. The van der Waals surface area contributed by atoms with Gasteiger partial charge in [-0.05, 0) is 30.9 Å². The van der Waals surface area contributed by atoms with E-state index in [9.17, 15) is 10.0 Å². The van der Waals surface area contributed by atoms with Crippen molar-refractivity contribution in [2.45, 2.75) is 33.6 Å². The predicted molar refractivity (Wildman–Crippen MR) is 86.1 cm³/mol. The van der Waals surface area contributed by atoms with Gasteiger partial charge in [0.1, 0.15) is 11.6 Å². The van der Waals surface area contributed by atoms with E-state index in [-0.39, 0.29) is 17.1 Å². The van der Waals surface area contributed by atoms with Gasteiger partial charge in [-0.25, -0.2) is 4.98 Å². The van der Waals surface area contributed by atoms with Crippen LogP contribution in [0.4, 0.5) is 5.82 Å². The van der Waals surface area contributed by atoms with Gasteiger partial charge in [-0.2, -0.15) is 0 Å². The Morgan fingerprint density at radius 1 is 1.39 bits per heavy atom. The molecule has 6 nitrogen and oxygen atoms in total. The average molecular weight is 313 g/mol. The molecule has 0 atom stereocenters. The highest BCUT2D eigenvalue weighted by molar-refractivity contribution is 6.09. The van der Waals surface area contributed by atoms with E-state index in [1.165, 1.54) is 0 Å². The van der Waals surface area contributed by atoms with Crippen LogP contribution in [-0.2, 0) is 6.42 Å². The Hall–Kier alpha value is -2.63. The molecular weight excluding hydrogens is 294 g/mol. The van der Waals surface area contributed by atoms with Crippen molar-refractivity contribution in [3.63, 3.8) is 0 Å². The first-order valence-electron chi connectivity index (χ1n) is 7.47. The third kappa shape index (κ3) is 2.84. The standard InChI is InChI=1S/C17H19N3O3/c1-10-14-11(20-22)8-17(2,3)9-12(14)23-15(10)16(21)19-13-6-4-5-7-18-13/h4-7,22H,8-9H2,1-3H3,(H,18,19,21)/b20-11-. The number of anilines is 1. The average Bonchev–Trinajstić information content (AvgIpc) is 2.83. The molecule has 0 aromatic carbocycles. The second-order valence-electron chi connectivity index (χ2n) is 6.59. The van der Waals surface area contributed by atoms with Gasteiger partial charge in [0, 0.05) is 23.7 Å². The van der Waals surface area contributed by atoms with Crippen LogP contribution >= 0.6 is 0 Å². The molecule has 0 saturated carbocycles. The summed E-state index contributed by atoms with van der Waals surface area (Å²) < 4.78 is 5.81. The van der Waals surface area contributed by atoms with Crippen LogP contribution in [0.3, 0.4) is 0 Å². The van der Waals surface area contributed by atoms with Crippen LogP contribution < -0.4 is 5.32 Å². The van der Waals surface area contributed by atoms with E-state index in [0.717, 1.165) is 5.56 Å². The molecule has 2 N–H and O–H groups in total. The Morgan fingerprint density at radius 3 is 2.83 bits per heavy atom. The second kappa shape index (κ2) is 5.53. The lowest BCUT2D eigenvalue weighted by molar-refractivity contribution is 0.0992. The van der Waals surface area contributed by atoms with Crippen molar-refractivity contribution in [2.75, 3.05) is 5.32 Å². The minimum atomic E-state index is -0.356.